The molecular formula is C2H9N3S. The third-order valence-corrected chi connectivity index (χ3v) is 1.24. The van der Waals surface area contributed by atoms with Crippen molar-refractivity contribution in [3.8, 4) is 0 Å². The zero-order valence-corrected chi connectivity index (χ0v) is 4.75. The summed E-state index contributed by atoms with van der Waals surface area (Å²) in [4.78, 5) is 0. The number of hydrogen-bond donors (Lipinski definition) is 2. The van der Waals surface area contributed by atoms with Gasteiger partial charge in [0.25, 0.3) is 0 Å². The van der Waals surface area contributed by atoms with Crippen LogP contribution in [0.2, 0.25) is 0 Å². The predicted octanol–water partition coefficient (Wildman–Crippen LogP) is -0.0917. The highest BCUT2D eigenvalue weighted by Crippen LogP contribution is 2.03. The second-order valence-electron chi connectivity index (χ2n) is 1.14. The van der Waals surface area contributed by atoms with Gasteiger partial charge >= 0.3 is 0 Å². The van der Waals surface area contributed by atoms with Crippen LogP contribution in [0, 0.1) is 4.61 Å². The highest BCUT2D eigenvalue weighted by atomic mass is 32.2. The quantitative estimate of drug-likeness (QED) is 0.454. The van der Waals surface area contributed by atoms with Gasteiger partial charge < -0.3 is 0 Å². The van der Waals surface area contributed by atoms with E-state index in [2.05, 4.69) is 4.72 Å². The molecule has 0 aromatic carbocycles. The second kappa shape index (κ2) is 1.62. The molecule has 3 N–H and O–H groups in total. The van der Waals surface area contributed by atoms with E-state index in [4.69, 9.17) is 9.75 Å². The second-order valence-corrected chi connectivity index (χ2v) is 3.42. The molecule has 0 aliphatic rings. The molecule has 1 atom stereocenters. The Kier molecular flexibility index (Phi) is 1.61. The Morgan fingerprint density at radius 3 is 2.00 bits per heavy atom. The van der Waals surface area contributed by atoms with E-state index in [9.17, 15) is 0 Å². The summed E-state index contributed by atoms with van der Waals surface area (Å²) < 4.78 is 11.1. The molecule has 0 amide bonds. The van der Waals surface area contributed by atoms with Gasteiger partial charge in [0, 0.05) is 16.3 Å². The lowest BCUT2D eigenvalue weighted by Crippen LogP contribution is -2.10. The zero-order valence-electron chi connectivity index (χ0n) is 3.93. The summed E-state index contributed by atoms with van der Waals surface area (Å²) in [6, 6.07) is 0. The van der Waals surface area contributed by atoms with Crippen molar-refractivity contribution in [1.29, 1.82) is 4.61 Å². The lowest BCUT2D eigenvalue weighted by Gasteiger charge is -2.00. The van der Waals surface area contributed by atoms with Crippen LogP contribution < -0.4 is 9.86 Å². The van der Waals surface area contributed by atoms with Gasteiger partial charge in [-0.1, -0.05) is 0 Å². The van der Waals surface area contributed by atoms with E-state index in [1.165, 1.54) is 0 Å². The molecule has 0 aliphatic carbocycles. The van der Waals surface area contributed by atoms with E-state index < -0.39 is 10.0 Å². The van der Waals surface area contributed by atoms with E-state index in [0.717, 1.165) is 0 Å². The summed E-state index contributed by atoms with van der Waals surface area (Å²) in [7, 11) is -0.292. The predicted molar refractivity (Wildman–Crippen MR) is 28.5 cm³/mol. The van der Waals surface area contributed by atoms with E-state index >= 15 is 0 Å². The lowest BCUT2D eigenvalue weighted by molar-refractivity contribution is 1.25. The Balaban J connectivity index is 3.60. The molecule has 3 nitrogen and oxygen atoms in total. The molecule has 0 rings (SSSR count). The Hall–Kier alpha value is -0.0200. The van der Waals surface area contributed by atoms with Crippen LogP contribution in [-0.4, -0.2) is 13.3 Å². The van der Waals surface area contributed by atoms with E-state index in [-0.39, 0.29) is 0 Å². The van der Waals surface area contributed by atoms with Gasteiger partial charge in [0.05, 0.1) is 0 Å². The van der Waals surface area contributed by atoms with Gasteiger partial charge in [-0.2, -0.15) is 0 Å². The Bertz CT molecular complexity index is 110. The van der Waals surface area contributed by atoms with Crippen LogP contribution in [0.15, 0.2) is 0 Å². The Labute approximate surface area is 38.7 Å². The zero-order chi connectivity index (χ0) is 5.21. The number of hydrogen-bond acceptors (Lipinski definition) is 3. The fourth-order valence-electron chi connectivity index (χ4n) is 0. The molecule has 0 aliphatic heterocycles. The summed E-state index contributed by atoms with van der Waals surface area (Å²) in [6.45, 7) is 0. The van der Waals surface area contributed by atoms with Crippen molar-refractivity contribution in [2.75, 3.05) is 13.3 Å². The van der Waals surface area contributed by atoms with Crippen molar-refractivity contribution >= 4 is 10.0 Å². The van der Waals surface area contributed by atoms with Gasteiger partial charge in [0.2, 0.25) is 0 Å². The average Bonchev–Trinajstić information content (AvgIpc) is 1.35. The summed E-state index contributed by atoms with van der Waals surface area (Å²) in [5, 5.41) is 5.06. The topological polar surface area (TPSA) is 61.8 Å². The van der Waals surface area contributed by atoms with Gasteiger partial charge in [-0.15, -0.1) is 0 Å². The van der Waals surface area contributed by atoms with Crippen LogP contribution in [0.1, 0.15) is 0 Å². The molecule has 0 saturated carbocycles. The molecule has 4 heteroatoms. The van der Waals surface area contributed by atoms with Gasteiger partial charge in [0.15, 0.2) is 0 Å². The van der Waals surface area contributed by atoms with E-state index in [1.54, 1.807) is 13.3 Å². The Morgan fingerprint density at radius 1 is 1.83 bits per heavy atom. The van der Waals surface area contributed by atoms with E-state index in [1.807, 2.05) is 0 Å². The Morgan fingerprint density at radius 2 is 2.00 bits per heavy atom. The average molecular weight is 107 g/mol. The number of nitrogens with one attached hydrogen (secondary N) is 1. The molecule has 38 valence electrons. The van der Waals surface area contributed by atoms with Crippen LogP contribution in [0.25, 0.3) is 0 Å². The minimum absolute atomic E-state index is 1.55. The van der Waals surface area contributed by atoms with Crippen LogP contribution >= 0.6 is 10.0 Å². The maximum absolute atomic E-state index is 8.58. The third kappa shape index (κ3) is 3.98. The highest BCUT2D eigenvalue weighted by molar-refractivity contribution is 8.17. The van der Waals surface area contributed by atoms with Crippen molar-refractivity contribution < 1.29 is 0 Å². The molecule has 0 fully saturated rings. The molecule has 0 radical (unpaired) electrons. The van der Waals surface area contributed by atoms with Crippen molar-refractivity contribution in [2.45, 2.75) is 0 Å². The maximum atomic E-state index is 8.58. The molecule has 6 heavy (non-hydrogen) atoms. The lowest BCUT2D eigenvalue weighted by atomic mass is 11.6. The largest absolute Gasteiger partial charge is 0.255 e. The summed E-state index contributed by atoms with van der Waals surface area (Å²) in [5.74, 6) is 0. The first kappa shape index (κ1) is 5.98. The van der Waals surface area contributed by atoms with Crippen LogP contribution in [0.3, 0.4) is 0 Å². The summed E-state index contributed by atoms with van der Waals surface area (Å²) in [6.07, 6.45) is 1.55. The third-order valence-electron chi connectivity index (χ3n) is 0.413. The number of nitrogens with zero attached hydrogens (tertiary/aromatic N) is 1. The molecule has 0 aromatic rings. The van der Waals surface area contributed by atoms with Gasteiger partial charge in [-0.25, -0.2) is 9.33 Å². The standard InChI is InChI=1S/C2H9N3S/c1-5-6(2,3)4/h5H,3H2,1-2H3. The highest BCUT2D eigenvalue weighted by Gasteiger charge is 1.86. The van der Waals surface area contributed by atoms with Gasteiger partial charge in [0.1, 0.15) is 0 Å². The first-order valence-corrected chi connectivity index (χ1v) is 3.59. The monoisotopic (exact) mass is 107 g/mol. The SMILES string of the molecule is CNS(C)(#N)N. The molecular weight excluding hydrogens is 98.1 g/mol. The number of rotatable bonds is 0. The minimum atomic E-state index is -1.91. The molecule has 0 saturated heterocycles. The molecule has 0 aromatic heterocycles. The van der Waals surface area contributed by atoms with Crippen molar-refractivity contribution in [3.05, 3.63) is 0 Å². The van der Waals surface area contributed by atoms with Crippen molar-refractivity contribution in [1.82, 2.24) is 4.72 Å². The minimum Gasteiger partial charge on any atom is -0.255 e. The first-order chi connectivity index (χ1) is 2.56. The fourth-order valence-corrected chi connectivity index (χ4v) is 0. The van der Waals surface area contributed by atoms with Crippen molar-refractivity contribution in [3.63, 3.8) is 0 Å². The molecule has 0 spiro atoms. The summed E-state index contributed by atoms with van der Waals surface area (Å²) >= 11 is 0. The van der Waals surface area contributed by atoms with Crippen LogP contribution in [-0.2, 0) is 0 Å². The van der Waals surface area contributed by atoms with Crippen LogP contribution in [0.5, 0.6) is 0 Å². The molecule has 0 heterocycles. The summed E-state index contributed by atoms with van der Waals surface area (Å²) in [5.41, 5.74) is 0. The normalized spacial score (nSPS) is 19.7. The van der Waals surface area contributed by atoms with Crippen LogP contribution in [0.4, 0.5) is 0 Å². The fraction of sp³-hybridized carbons (Fsp3) is 1.00. The molecule has 1 unspecified atom stereocenters. The smallest absolute Gasteiger partial charge is 0.0408 e. The first-order valence-electron chi connectivity index (χ1n) is 1.53. The maximum Gasteiger partial charge on any atom is 0.0408 e. The number of nitrogens with two attached hydrogens (primary N) is 1. The van der Waals surface area contributed by atoms with E-state index in [0.29, 0.717) is 0 Å². The van der Waals surface area contributed by atoms with Gasteiger partial charge in [-0.3, -0.25) is 5.14 Å². The molecule has 0 bridgehead atoms. The van der Waals surface area contributed by atoms with Crippen molar-refractivity contribution in [2.24, 2.45) is 5.14 Å². The van der Waals surface area contributed by atoms with Gasteiger partial charge in [-0.05, 0) is 7.05 Å².